The Labute approximate surface area is 341 Å². The lowest BCUT2D eigenvalue weighted by molar-refractivity contribution is -0.165. The van der Waals surface area contributed by atoms with Crippen molar-refractivity contribution in [3.05, 3.63) is 127 Å². The molecule has 3 aromatic carbocycles. The van der Waals surface area contributed by atoms with Crippen LogP contribution >= 0.6 is 22.6 Å². The van der Waals surface area contributed by atoms with E-state index < -0.39 is 0 Å². The highest BCUT2D eigenvalue weighted by Gasteiger charge is 2.22. The summed E-state index contributed by atoms with van der Waals surface area (Å²) >= 11 is 2.05. The van der Waals surface area contributed by atoms with E-state index in [-0.39, 0.29) is 36.4 Å². The van der Waals surface area contributed by atoms with Crippen molar-refractivity contribution in [2.24, 2.45) is 0 Å². The molecule has 5 aromatic rings. The zero-order valence-corrected chi connectivity index (χ0v) is 34.8. The van der Waals surface area contributed by atoms with Crippen LogP contribution in [0.5, 0.6) is 17.2 Å². The number of carbonyl (C=O) groups is 1. The number of benzene rings is 3. The van der Waals surface area contributed by atoms with Gasteiger partial charge in [0.1, 0.15) is 39.9 Å². The number of aryl methyl sites for hydroxylation is 1. The number of ether oxygens (including phenoxy) is 5. The predicted octanol–water partition coefficient (Wildman–Crippen LogP) is 8.12. The average Bonchev–Trinajstić information content (AvgIpc) is 3.64. The molecule has 2 amide bonds. The molecule has 0 radical (unpaired) electrons. The van der Waals surface area contributed by atoms with Crippen molar-refractivity contribution in [3.8, 4) is 22.9 Å². The number of hydrogen-bond acceptors (Lipinski definition) is 8. The summed E-state index contributed by atoms with van der Waals surface area (Å²) < 4.78 is 32.9. The third-order valence-electron chi connectivity index (χ3n) is 9.43. The first kappa shape index (κ1) is 40.8. The van der Waals surface area contributed by atoms with Gasteiger partial charge in [-0.3, -0.25) is 10.1 Å². The molecule has 1 unspecified atom stereocenters. The summed E-state index contributed by atoms with van der Waals surface area (Å²) in [5.41, 5.74) is 4.73. The lowest BCUT2D eigenvalue weighted by atomic mass is 9.92. The van der Waals surface area contributed by atoms with Crippen molar-refractivity contribution in [1.82, 2.24) is 19.7 Å². The molecule has 6 rings (SSSR count). The van der Waals surface area contributed by atoms with Gasteiger partial charge in [-0.2, -0.15) is 5.10 Å². The number of nitrogens with zero attached hydrogens (tertiary/aromatic N) is 3. The smallest absolute Gasteiger partial charge is 0.320 e. The number of methoxy groups -OCH3 is 1. The summed E-state index contributed by atoms with van der Waals surface area (Å²) in [7, 11) is 1.63. The van der Waals surface area contributed by atoms with E-state index in [9.17, 15) is 9.59 Å². The first-order chi connectivity index (χ1) is 27.0. The van der Waals surface area contributed by atoms with Crippen LogP contribution in [0.4, 0.5) is 10.6 Å². The number of nitrogens with one attached hydrogen (secondary N) is 2. The van der Waals surface area contributed by atoms with Gasteiger partial charge in [-0.25, -0.2) is 9.48 Å². The molecule has 0 saturated carbocycles. The van der Waals surface area contributed by atoms with E-state index in [1.807, 2.05) is 91.9 Å². The minimum absolute atomic E-state index is 0.119. The second-order valence-electron chi connectivity index (χ2n) is 14.7. The molecule has 13 heteroatoms. The first-order valence-corrected chi connectivity index (χ1v) is 19.9. The fourth-order valence-corrected chi connectivity index (χ4v) is 6.82. The van der Waals surface area contributed by atoms with Gasteiger partial charge in [0.05, 0.1) is 31.6 Å². The maximum absolute atomic E-state index is 13.4. The van der Waals surface area contributed by atoms with Crippen LogP contribution in [0.1, 0.15) is 68.1 Å². The normalized spacial score (nSPS) is 14.3. The van der Waals surface area contributed by atoms with Crippen LogP contribution in [0, 0.1) is 10.5 Å². The highest BCUT2D eigenvalue weighted by molar-refractivity contribution is 14.1. The molecule has 1 aliphatic rings. The number of halogens is 1. The summed E-state index contributed by atoms with van der Waals surface area (Å²) in [6, 6.07) is 26.4. The van der Waals surface area contributed by atoms with Crippen molar-refractivity contribution >= 4 is 34.4 Å². The molecule has 296 valence electrons. The Balaban J connectivity index is 1.08. The maximum atomic E-state index is 13.4. The van der Waals surface area contributed by atoms with Crippen LogP contribution in [0.25, 0.3) is 5.69 Å². The minimum atomic E-state index is -0.387. The maximum Gasteiger partial charge on any atom is 0.320 e. The third-order valence-corrected chi connectivity index (χ3v) is 10.4. The molecular formula is C43H50IN5O7. The van der Waals surface area contributed by atoms with E-state index in [2.05, 4.69) is 54.0 Å². The van der Waals surface area contributed by atoms with Gasteiger partial charge in [0, 0.05) is 42.5 Å². The molecular weight excluding hydrogens is 825 g/mol. The SMILES string of the molecule is COc1ccc(Cn2c(C)cc(OCc3ccccc3CNC(=O)Nc3cc(C(C)(C)C)nn3-c3cccc(OCCOC4CCCCO4)c3)c(I)c2=O)cc1. The Kier molecular flexibility index (Phi) is 13.7. The number of carbonyl (C=O) groups excluding carboxylic acids is 1. The van der Waals surface area contributed by atoms with E-state index in [0.717, 1.165) is 65.4 Å². The molecule has 1 saturated heterocycles. The molecule has 0 bridgehead atoms. The number of amides is 2. The second-order valence-corrected chi connectivity index (χ2v) is 15.7. The largest absolute Gasteiger partial charge is 0.497 e. The van der Waals surface area contributed by atoms with Gasteiger partial charge >= 0.3 is 6.03 Å². The summed E-state index contributed by atoms with van der Waals surface area (Å²) in [5.74, 6) is 2.46. The van der Waals surface area contributed by atoms with Gasteiger partial charge in [-0.05, 0) is 89.7 Å². The van der Waals surface area contributed by atoms with Gasteiger partial charge in [0.15, 0.2) is 6.29 Å². The Bertz CT molecular complexity index is 2150. The fraction of sp³-hybridized carbons (Fsp3) is 0.372. The quantitative estimate of drug-likeness (QED) is 0.0799. The van der Waals surface area contributed by atoms with Crippen molar-refractivity contribution < 1.29 is 28.5 Å². The molecule has 1 aliphatic heterocycles. The molecule has 0 aliphatic carbocycles. The van der Waals surface area contributed by atoms with E-state index in [1.165, 1.54) is 0 Å². The van der Waals surface area contributed by atoms with Crippen LogP contribution < -0.4 is 30.4 Å². The van der Waals surface area contributed by atoms with Gasteiger partial charge in [0.25, 0.3) is 5.56 Å². The Hall–Kier alpha value is -4.86. The molecule has 0 spiro atoms. The number of aromatic nitrogens is 3. The Morgan fingerprint density at radius 1 is 0.946 bits per heavy atom. The molecule has 3 heterocycles. The van der Waals surface area contributed by atoms with Crippen molar-refractivity contribution in [2.45, 2.75) is 78.4 Å². The third kappa shape index (κ3) is 10.7. The molecule has 2 N–H and O–H groups in total. The Morgan fingerprint density at radius 3 is 2.46 bits per heavy atom. The summed E-state index contributed by atoms with van der Waals surface area (Å²) in [5, 5.41) is 10.9. The zero-order chi connectivity index (χ0) is 39.7. The highest BCUT2D eigenvalue weighted by Crippen LogP contribution is 2.28. The Morgan fingerprint density at radius 2 is 1.73 bits per heavy atom. The molecule has 56 heavy (non-hydrogen) atoms. The average molecular weight is 876 g/mol. The summed E-state index contributed by atoms with van der Waals surface area (Å²) in [6.45, 7) is 10.6. The highest BCUT2D eigenvalue weighted by atomic mass is 127. The van der Waals surface area contributed by atoms with Gasteiger partial charge < -0.3 is 33.6 Å². The second kappa shape index (κ2) is 18.9. The summed E-state index contributed by atoms with van der Waals surface area (Å²) in [6.07, 6.45) is 2.92. The molecule has 2 aromatic heterocycles. The number of rotatable bonds is 15. The van der Waals surface area contributed by atoms with Gasteiger partial charge in [-0.1, -0.05) is 63.2 Å². The predicted molar refractivity (Wildman–Crippen MR) is 224 cm³/mol. The minimum Gasteiger partial charge on any atom is -0.497 e. The molecule has 12 nitrogen and oxygen atoms in total. The number of hydrogen-bond donors (Lipinski definition) is 2. The lowest BCUT2D eigenvalue weighted by Gasteiger charge is -2.22. The lowest BCUT2D eigenvalue weighted by Crippen LogP contribution is -2.29. The van der Waals surface area contributed by atoms with E-state index in [4.69, 9.17) is 28.8 Å². The topological polar surface area (TPSA) is 127 Å². The molecule has 1 atom stereocenters. The van der Waals surface area contributed by atoms with Crippen LogP contribution in [0.3, 0.4) is 0 Å². The van der Waals surface area contributed by atoms with E-state index in [1.54, 1.807) is 16.4 Å². The fourth-order valence-electron chi connectivity index (χ4n) is 6.21. The van der Waals surface area contributed by atoms with Gasteiger partial charge in [0.2, 0.25) is 0 Å². The first-order valence-electron chi connectivity index (χ1n) is 18.8. The number of urea groups is 1. The van der Waals surface area contributed by atoms with Crippen LogP contribution in [-0.2, 0) is 34.6 Å². The van der Waals surface area contributed by atoms with Crippen molar-refractivity contribution in [3.63, 3.8) is 0 Å². The van der Waals surface area contributed by atoms with Gasteiger partial charge in [-0.15, -0.1) is 0 Å². The number of anilines is 1. The summed E-state index contributed by atoms with van der Waals surface area (Å²) in [4.78, 5) is 26.8. The van der Waals surface area contributed by atoms with Crippen LogP contribution in [0.2, 0.25) is 0 Å². The standard InChI is InChI=1S/C43H50IN5O7/c1-29-23-36(40(44)41(50)48(29)27-30-16-18-34(52-5)19-17-30)56-28-32-12-7-6-11-31(32)26-45-42(51)46-38-25-37(43(2,3)4)47-49(38)33-13-10-14-35(24-33)53-21-22-55-39-15-8-9-20-54-39/h6-7,10-14,16-19,23-25,39H,8-9,15,20-22,26-28H2,1-5H3,(H2,45,46,51). The van der Waals surface area contributed by atoms with E-state index in [0.29, 0.717) is 40.6 Å². The van der Waals surface area contributed by atoms with Crippen LogP contribution in [0.15, 0.2) is 89.7 Å². The van der Waals surface area contributed by atoms with Crippen molar-refractivity contribution in [1.29, 1.82) is 0 Å². The number of pyridine rings is 1. The van der Waals surface area contributed by atoms with Crippen LogP contribution in [-0.4, -0.2) is 53.6 Å². The molecule has 1 fully saturated rings. The van der Waals surface area contributed by atoms with Crippen molar-refractivity contribution in [2.75, 3.05) is 32.2 Å². The monoisotopic (exact) mass is 875 g/mol. The van der Waals surface area contributed by atoms with E-state index >= 15 is 0 Å². The zero-order valence-electron chi connectivity index (χ0n) is 32.6.